The highest BCUT2D eigenvalue weighted by molar-refractivity contribution is 5.76. The van der Waals surface area contributed by atoms with Crippen molar-refractivity contribution in [1.29, 1.82) is 0 Å². The first-order chi connectivity index (χ1) is 9.63. The summed E-state index contributed by atoms with van der Waals surface area (Å²) in [5.74, 6) is 0.0489. The van der Waals surface area contributed by atoms with Crippen molar-refractivity contribution in [3.63, 3.8) is 0 Å². The molecule has 1 aromatic carbocycles. The monoisotopic (exact) mass is 277 g/mol. The maximum Gasteiger partial charge on any atom is 0.220 e. The molecule has 0 aromatic heterocycles. The number of aryl methyl sites for hydroxylation is 1. The molecule has 0 aliphatic heterocycles. The van der Waals surface area contributed by atoms with Gasteiger partial charge in [-0.1, -0.05) is 12.1 Å². The van der Waals surface area contributed by atoms with Gasteiger partial charge in [0.2, 0.25) is 12.3 Å². The first-order valence-corrected chi connectivity index (χ1v) is 6.83. The van der Waals surface area contributed by atoms with E-state index in [0.29, 0.717) is 25.9 Å². The minimum atomic E-state index is 0.0489. The maximum absolute atomic E-state index is 11.6. The lowest BCUT2D eigenvalue weighted by atomic mass is 10.1. The Morgan fingerprint density at radius 3 is 2.50 bits per heavy atom. The van der Waals surface area contributed by atoms with Gasteiger partial charge in [0.05, 0.1) is 0 Å². The third-order valence-corrected chi connectivity index (χ3v) is 3.00. The van der Waals surface area contributed by atoms with E-state index < -0.39 is 0 Å². The summed E-state index contributed by atoms with van der Waals surface area (Å²) in [5, 5.41) is 5.40. The quantitative estimate of drug-likeness (QED) is 0.521. The molecule has 1 rings (SSSR count). The molecule has 110 valence electrons. The highest BCUT2D eigenvalue weighted by atomic mass is 16.1. The van der Waals surface area contributed by atoms with E-state index in [2.05, 4.69) is 34.9 Å². The standard InChI is InChI=1S/C15H23N3O2/c1-18(2)14-7-4-13(5-8-14)6-9-15(20)17-11-3-10-16-12-19/h4-5,7-8,12H,3,6,9-11H2,1-2H3,(H,16,19)(H,17,20). The largest absolute Gasteiger partial charge is 0.378 e. The van der Waals surface area contributed by atoms with Crippen molar-refractivity contribution in [2.45, 2.75) is 19.3 Å². The summed E-state index contributed by atoms with van der Waals surface area (Å²) in [7, 11) is 4.00. The van der Waals surface area contributed by atoms with Gasteiger partial charge in [-0.25, -0.2) is 0 Å². The van der Waals surface area contributed by atoms with Crippen LogP contribution in [-0.2, 0) is 16.0 Å². The van der Waals surface area contributed by atoms with Gasteiger partial charge >= 0.3 is 0 Å². The Morgan fingerprint density at radius 2 is 1.90 bits per heavy atom. The normalized spacial score (nSPS) is 9.90. The smallest absolute Gasteiger partial charge is 0.220 e. The fourth-order valence-electron chi connectivity index (χ4n) is 1.78. The zero-order valence-corrected chi connectivity index (χ0v) is 12.2. The summed E-state index contributed by atoms with van der Waals surface area (Å²) >= 11 is 0. The first kappa shape index (κ1) is 16.0. The van der Waals surface area contributed by atoms with E-state index in [4.69, 9.17) is 0 Å². The number of nitrogens with one attached hydrogen (secondary N) is 2. The number of carbonyl (C=O) groups is 2. The highest BCUT2D eigenvalue weighted by Crippen LogP contribution is 2.13. The lowest BCUT2D eigenvalue weighted by Crippen LogP contribution is -2.27. The van der Waals surface area contributed by atoms with Gasteiger partial charge in [0.1, 0.15) is 0 Å². The average molecular weight is 277 g/mol. The topological polar surface area (TPSA) is 61.4 Å². The minimum absolute atomic E-state index is 0.0489. The summed E-state index contributed by atoms with van der Waals surface area (Å²) in [6.07, 6.45) is 2.65. The number of nitrogens with zero attached hydrogens (tertiary/aromatic N) is 1. The predicted molar refractivity (Wildman–Crippen MR) is 80.8 cm³/mol. The summed E-state index contributed by atoms with van der Waals surface area (Å²) in [4.78, 5) is 23.7. The predicted octanol–water partition coefficient (Wildman–Crippen LogP) is 0.938. The van der Waals surface area contributed by atoms with E-state index in [9.17, 15) is 9.59 Å². The average Bonchev–Trinajstić information content (AvgIpc) is 2.45. The fraction of sp³-hybridized carbons (Fsp3) is 0.467. The van der Waals surface area contributed by atoms with Gasteiger partial charge in [0.15, 0.2) is 0 Å². The zero-order valence-electron chi connectivity index (χ0n) is 12.2. The fourth-order valence-corrected chi connectivity index (χ4v) is 1.78. The molecule has 0 aliphatic rings. The Morgan fingerprint density at radius 1 is 1.20 bits per heavy atom. The van der Waals surface area contributed by atoms with E-state index in [1.54, 1.807) is 0 Å². The van der Waals surface area contributed by atoms with Crippen LogP contribution in [0.4, 0.5) is 5.69 Å². The highest BCUT2D eigenvalue weighted by Gasteiger charge is 2.02. The lowest BCUT2D eigenvalue weighted by molar-refractivity contribution is -0.121. The van der Waals surface area contributed by atoms with E-state index in [1.165, 1.54) is 0 Å². The minimum Gasteiger partial charge on any atom is -0.378 e. The van der Waals surface area contributed by atoms with Crippen LogP contribution in [0.15, 0.2) is 24.3 Å². The van der Waals surface area contributed by atoms with Gasteiger partial charge in [-0.3, -0.25) is 9.59 Å². The number of benzene rings is 1. The van der Waals surface area contributed by atoms with Crippen LogP contribution in [0.5, 0.6) is 0 Å². The van der Waals surface area contributed by atoms with Gasteiger partial charge in [0, 0.05) is 39.3 Å². The summed E-state index contributed by atoms with van der Waals surface area (Å²) in [5.41, 5.74) is 2.31. The van der Waals surface area contributed by atoms with Crippen molar-refractivity contribution in [2.75, 3.05) is 32.1 Å². The van der Waals surface area contributed by atoms with E-state index in [0.717, 1.165) is 24.1 Å². The lowest BCUT2D eigenvalue weighted by Gasteiger charge is -2.12. The number of amides is 2. The molecule has 0 bridgehead atoms. The molecule has 5 nitrogen and oxygen atoms in total. The first-order valence-electron chi connectivity index (χ1n) is 6.83. The number of hydrogen-bond acceptors (Lipinski definition) is 3. The van der Waals surface area contributed by atoms with Gasteiger partial charge in [-0.2, -0.15) is 0 Å². The molecule has 2 N–H and O–H groups in total. The van der Waals surface area contributed by atoms with Crippen LogP contribution in [-0.4, -0.2) is 39.5 Å². The van der Waals surface area contributed by atoms with Gasteiger partial charge < -0.3 is 15.5 Å². The third-order valence-electron chi connectivity index (χ3n) is 3.00. The molecule has 0 atom stereocenters. The summed E-state index contributed by atoms with van der Waals surface area (Å²) in [6, 6.07) is 8.21. The van der Waals surface area contributed by atoms with Crippen molar-refractivity contribution in [1.82, 2.24) is 10.6 Å². The van der Waals surface area contributed by atoms with Gasteiger partial charge in [-0.05, 0) is 30.5 Å². The Hall–Kier alpha value is -2.04. The number of anilines is 1. The molecule has 0 saturated carbocycles. The number of hydrogen-bond donors (Lipinski definition) is 2. The molecule has 0 aliphatic carbocycles. The molecule has 0 heterocycles. The molecule has 20 heavy (non-hydrogen) atoms. The molecule has 0 fully saturated rings. The van der Waals surface area contributed by atoms with Crippen LogP contribution in [0.2, 0.25) is 0 Å². The van der Waals surface area contributed by atoms with Crippen molar-refractivity contribution >= 4 is 18.0 Å². The second kappa shape index (κ2) is 8.96. The Labute approximate surface area is 120 Å². The summed E-state index contributed by atoms with van der Waals surface area (Å²) in [6.45, 7) is 1.19. The molecular formula is C15H23N3O2. The van der Waals surface area contributed by atoms with Crippen molar-refractivity contribution in [3.8, 4) is 0 Å². The molecule has 0 saturated heterocycles. The van der Waals surface area contributed by atoms with E-state index in [-0.39, 0.29) is 5.91 Å². The molecule has 0 spiro atoms. The van der Waals surface area contributed by atoms with Crippen LogP contribution in [0.25, 0.3) is 0 Å². The van der Waals surface area contributed by atoms with Crippen LogP contribution >= 0.6 is 0 Å². The van der Waals surface area contributed by atoms with Crippen molar-refractivity contribution in [3.05, 3.63) is 29.8 Å². The summed E-state index contributed by atoms with van der Waals surface area (Å²) < 4.78 is 0. The van der Waals surface area contributed by atoms with Gasteiger partial charge in [-0.15, -0.1) is 0 Å². The zero-order chi connectivity index (χ0) is 14.8. The second-order valence-electron chi connectivity index (χ2n) is 4.84. The molecule has 0 radical (unpaired) electrons. The van der Waals surface area contributed by atoms with E-state index >= 15 is 0 Å². The molecule has 5 heteroatoms. The second-order valence-corrected chi connectivity index (χ2v) is 4.84. The number of rotatable bonds is 9. The molecular weight excluding hydrogens is 254 g/mol. The molecule has 0 unspecified atom stereocenters. The Bertz CT molecular complexity index is 416. The van der Waals surface area contributed by atoms with Crippen LogP contribution in [0.1, 0.15) is 18.4 Å². The van der Waals surface area contributed by atoms with Crippen LogP contribution in [0, 0.1) is 0 Å². The van der Waals surface area contributed by atoms with Crippen molar-refractivity contribution in [2.24, 2.45) is 0 Å². The van der Waals surface area contributed by atoms with Crippen LogP contribution in [0.3, 0.4) is 0 Å². The molecule has 1 aromatic rings. The molecule has 2 amide bonds. The van der Waals surface area contributed by atoms with E-state index in [1.807, 2.05) is 19.0 Å². The number of carbonyl (C=O) groups excluding carboxylic acids is 2. The SMILES string of the molecule is CN(C)c1ccc(CCC(=O)NCCCNC=O)cc1. The van der Waals surface area contributed by atoms with Crippen LogP contribution < -0.4 is 15.5 Å². The maximum atomic E-state index is 11.6. The van der Waals surface area contributed by atoms with Crippen molar-refractivity contribution < 1.29 is 9.59 Å². The third kappa shape index (κ3) is 6.22. The Kier molecular flexibility index (Phi) is 7.17. The Balaban J connectivity index is 2.21. The van der Waals surface area contributed by atoms with Gasteiger partial charge in [0.25, 0.3) is 0 Å².